The second-order valence-electron chi connectivity index (χ2n) is 7.51. The lowest BCUT2D eigenvalue weighted by Crippen LogP contribution is -2.15. The zero-order valence-electron chi connectivity index (χ0n) is 16.7. The molecule has 3 heteroatoms. The Morgan fingerprint density at radius 3 is 2.14 bits per heavy atom. The van der Waals surface area contributed by atoms with E-state index in [0.29, 0.717) is 5.56 Å². The number of hydrogen-bond donors (Lipinski definition) is 1. The summed E-state index contributed by atoms with van der Waals surface area (Å²) in [5.74, 6) is 0. The van der Waals surface area contributed by atoms with E-state index >= 15 is 0 Å². The molecule has 0 unspecified atom stereocenters. The van der Waals surface area contributed by atoms with Gasteiger partial charge in [-0.2, -0.15) is 0 Å². The van der Waals surface area contributed by atoms with Crippen molar-refractivity contribution in [2.24, 2.45) is 0 Å². The molecule has 0 radical (unpaired) electrons. The van der Waals surface area contributed by atoms with Crippen LogP contribution >= 0.6 is 0 Å². The van der Waals surface area contributed by atoms with Gasteiger partial charge in [-0.25, -0.2) is 4.68 Å². The van der Waals surface area contributed by atoms with Crippen LogP contribution in [0.25, 0.3) is 28.1 Å². The molecule has 0 saturated heterocycles. The average molecular weight is 368 g/mol. The first kappa shape index (κ1) is 18.1. The van der Waals surface area contributed by atoms with Crippen LogP contribution < -0.4 is 5.56 Å². The van der Waals surface area contributed by atoms with E-state index in [-0.39, 0.29) is 5.56 Å². The predicted octanol–water partition coefficient (Wildman–Crippen LogP) is 5.73. The summed E-state index contributed by atoms with van der Waals surface area (Å²) in [6, 6.07) is 22.4. The molecule has 0 bridgehead atoms. The van der Waals surface area contributed by atoms with Crippen molar-refractivity contribution >= 4 is 0 Å². The maximum absolute atomic E-state index is 13.5. The molecule has 1 heterocycles. The molecule has 0 spiro atoms. The SMILES string of the molecule is Cc1ccc(-c2c(-c3cccc(C)c3)[nH]n(-c3ccc(C)c(C)c3)c2=O)cc1. The fourth-order valence-corrected chi connectivity index (χ4v) is 3.48. The van der Waals surface area contributed by atoms with Gasteiger partial charge in [-0.1, -0.05) is 59.7 Å². The zero-order valence-corrected chi connectivity index (χ0v) is 16.7. The summed E-state index contributed by atoms with van der Waals surface area (Å²) in [5, 5.41) is 3.37. The van der Waals surface area contributed by atoms with Gasteiger partial charge >= 0.3 is 0 Å². The lowest BCUT2D eigenvalue weighted by molar-refractivity contribution is 0.851. The maximum atomic E-state index is 13.5. The Kier molecular flexibility index (Phi) is 4.52. The Morgan fingerprint density at radius 2 is 1.46 bits per heavy atom. The van der Waals surface area contributed by atoms with Gasteiger partial charge in [0.05, 0.1) is 16.9 Å². The summed E-state index contributed by atoms with van der Waals surface area (Å²) in [4.78, 5) is 13.5. The molecule has 0 fully saturated rings. The highest BCUT2D eigenvalue weighted by Gasteiger charge is 2.18. The monoisotopic (exact) mass is 368 g/mol. The van der Waals surface area contributed by atoms with Crippen LogP contribution in [0.1, 0.15) is 22.3 Å². The van der Waals surface area contributed by atoms with E-state index in [1.54, 1.807) is 4.68 Å². The third kappa shape index (κ3) is 3.20. The molecule has 0 aliphatic heterocycles. The molecule has 3 nitrogen and oxygen atoms in total. The van der Waals surface area contributed by atoms with Crippen molar-refractivity contribution in [3.05, 3.63) is 99.3 Å². The van der Waals surface area contributed by atoms with Crippen LogP contribution in [0.5, 0.6) is 0 Å². The van der Waals surface area contributed by atoms with E-state index in [9.17, 15) is 4.79 Å². The van der Waals surface area contributed by atoms with Gasteiger partial charge in [-0.15, -0.1) is 0 Å². The van der Waals surface area contributed by atoms with Crippen LogP contribution in [-0.4, -0.2) is 9.78 Å². The molecule has 140 valence electrons. The number of rotatable bonds is 3. The second kappa shape index (κ2) is 7.01. The van der Waals surface area contributed by atoms with E-state index in [2.05, 4.69) is 51.0 Å². The Labute approximate surface area is 165 Å². The highest BCUT2D eigenvalue weighted by atomic mass is 16.1. The van der Waals surface area contributed by atoms with Gasteiger partial charge in [-0.05, 0) is 62.6 Å². The van der Waals surface area contributed by atoms with Crippen molar-refractivity contribution in [1.82, 2.24) is 9.78 Å². The van der Waals surface area contributed by atoms with Crippen LogP contribution in [0.15, 0.2) is 71.5 Å². The normalized spacial score (nSPS) is 11.0. The summed E-state index contributed by atoms with van der Waals surface area (Å²) < 4.78 is 1.65. The molecule has 0 saturated carbocycles. The van der Waals surface area contributed by atoms with Crippen LogP contribution in [0.2, 0.25) is 0 Å². The fraction of sp³-hybridized carbons (Fsp3) is 0.160. The standard InChI is InChI=1S/C25H24N2O/c1-16-8-11-20(12-9-16)23-24(21-7-5-6-17(2)14-21)26-27(25(23)28)22-13-10-18(3)19(4)15-22/h5-15,26H,1-4H3. The molecular weight excluding hydrogens is 344 g/mol. The van der Waals surface area contributed by atoms with Crippen LogP contribution in [0, 0.1) is 27.7 Å². The van der Waals surface area contributed by atoms with Crippen LogP contribution in [-0.2, 0) is 0 Å². The van der Waals surface area contributed by atoms with Gasteiger partial charge in [0.1, 0.15) is 0 Å². The molecule has 1 aromatic heterocycles. The van der Waals surface area contributed by atoms with Gasteiger partial charge in [0, 0.05) is 5.56 Å². The highest BCUT2D eigenvalue weighted by molar-refractivity contribution is 5.81. The van der Waals surface area contributed by atoms with Crippen molar-refractivity contribution in [3.63, 3.8) is 0 Å². The molecule has 1 N–H and O–H groups in total. The smallest absolute Gasteiger partial charge is 0.279 e. The van der Waals surface area contributed by atoms with Crippen LogP contribution in [0.4, 0.5) is 0 Å². The number of hydrogen-bond acceptors (Lipinski definition) is 1. The molecular formula is C25H24N2O. The minimum atomic E-state index is -0.0383. The minimum Gasteiger partial charge on any atom is -0.290 e. The van der Waals surface area contributed by atoms with Crippen molar-refractivity contribution in [3.8, 4) is 28.1 Å². The number of nitrogens with zero attached hydrogens (tertiary/aromatic N) is 1. The first-order valence-electron chi connectivity index (χ1n) is 9.51. The number of aryl methyl sites for hydroxylation is 4. The van der Waals surface area contributed by atoms with Gasteiger partial charge in [-0.3, -0.25) is 9.89 Å². The largest absolute Gasteiger partial charge is 0.290 e. The Hall–Kier alpha value is -3.33. The molecule has 28 heavy (non-hydrogen) atoms. The minimum absolute atomic E-state index is 0.0383. The number of aromatic nitrogens is 2. The Balaban J connectivity index is 1.99. The maximum Gasteiger partial charge on any atom is 0.279 e. The third-order valence-corrected chi connectivity index (χ3v) is 5.29. The number of nitrogens with one attached hydrogen (secondary N) is 1. The van der Waals surface area contributed by atoms with E-state index in [4.69, 9.17) is 0 Å². The molecule has 4 aromatic rings. The van der Waals surface area contributed by atoms with Gasteiger partial charge in [0.2, 0.25) is 0 Å². The molecule has 0 atom stereocenters. The van der Waals surface area contributed by atoms with Gasteiger partial charge < -0.3 is 0 Å². The van der Waals surface area contributed by atoms with Gasteiger partial charge in [0.15, 0.2) is 0 Å². The summed E-state index contributed by atoms with van der Waals surface area (Å²) in [6.07, 6.45) is 0. The molecule has 0 aliphatic carbocycles. The number of H-pyrrole nitrogens is 1. The highest BCUT2D eigenvalue weighted by Crippen LogP contribution is 2.29. The van der Waals surface area contributed by atoms with Crippen molar-refractivity contribution in [1.29, 1.82) is 0 Å². The first-order valence-corrected chi connectivity index (χ1v) is 9.51. The molecule has 0 aliphatic rings. The Morgan fingerprint density at radius 1 is 0.714 bits per heavy atom. The average Bonchev–Trinajstić information content (AvgIpc) is 3.02. The summed E-state index contributed by atoms with van der Waals surface area (Å²) >= 11 is 0. The molecule has 3 aromatic carbocycles. The van der Waals surface area contributed by atoms with E-state index in [1.807, 2.05) is 48.5 Å². The zero-order chi connectivity index (χ0) is 19.8. The van der Waals surface area contributed by atoms with Crippen LogP contribution in [0.3, 0.4) is 0 Å². The topological polar surface area (TPSA) is 37.8 Å². The van der Waals surface area contributed by atoms with Crippen molar-refractivity contribution < 1.29 is 0 Å². The quantitative estimate of drug-likeness (QED) is 0.492. The summed E-state index contributed by atoms with van der Waals surface area (Å²) in [6.45, 7) is 8.25. The van der Waals surface area contributed by atoms with E-state index < -0.39 is 0 Å². The lowest BCUT2D eigenvalue weighted by Gasteiger charge is -2.06. The van der Waals surface area contributed by atoms with E-state index in [1.165, 1.54) is 11.1 Å². The summed E-state index contributed by atoms with van der Waals surface area (Å²) in [7, 11) is 0. The first-order chi connectivity index (χ1) is 13.4. The number of benzene rings is 3. The van der Waals surface area contributed by atoms with Crippen molar-refractivity contribution in [2.75, 3.05) is 0 Å². The number of aromatic amines is 1. The third-order valence-electron chi connectivity index (χ3n) is 5.29. The second-order valence-corrected chi connectivity index (χ2v) is 7.51. The molecule has 0 amide bonds. The summed E-state index contributed by atoms with van der Waals surface area (Å²) in [5.41, 5.74) is 8.98. The van der Waals surface area contributed by atoms with E-state index in [0.717, 1.165) is 33.6 Å². The van der Waals surface area contributed by atoms with Gasteiger partial charge in [0.25, 0.3) is 5.56 Å². The lowest BCUT2D eigenvalue weighted by atomic mass is 10.00. The predicted molar refractivity (Wildman–Crippen MR) is 116 cm³/mol. The fourth-order valence-electron chi connectivity index (χ4n) is 3.48. The Bertz CT molecular complexity index is 1210. The molecule has 4 rings (SSSR count). The van der Waals surface area contributed by atoms with Crippen molar-refractivity contribution in [2.45, 2.75) is 27.7 Å².